The molecular weight excluding hydrogens is 387 g/mol. The van der Waals surface area contributed by atoms with Crippen LogP contribution in [0.3, 0.4) is 0 Å². The molecule has 0 unspecified atom stereocenters. The van der Waals surface area contributed by atoms with Gasteiger partial charge in [0.25, 0.3) is 5.91 Å². The molecule has 0 atom stereocenters. The van der Waals surface area contributed by atoms with Crippen LogP contribution in [-0.4, -0.2) is 5.91 Å². The Hall–Kier alpha value is -1.49. The Morgan fingerprint density at radius 2 is 1.82 bits per heavy atom. The zero-order valence-corrected chi connectivity index (χ0v) is 14.8. The lowest BCUT2D eigenvalue weighted by Gasteiger charge is -2.13. The second-order valence-electron chi connectivity index (χ2n) is 4.39. The molecular formula is C16H13BrCl2N2O. The fourth-order valence-electron chi connectivity index (χ4n) is 1.81. The van der Waals surface area contributed by atoms with Gasteiger partial charge in [-0.05, 0) is 47.1 Å². The van der Waals surface area contributed by atoms with E-state index in [0.29, 0.717) is 15.6 Å². The van der Waals surface area contributed by atoms with Gasteiger partial charge in [0.2, 0.25) is 0 Å². The van der Waals surface area contributed by atoms with Crippen molar-refractivity contribution in [1.29, 1.82) is 0 Å². The van der Waals surface area contributed by atoms with Crippen LogP contribution < -0.4 is 10.9 Å². The molecule has 114 valence electrons. The highest BCUT2D eigenvalue weighted by Crippen LogP contribution is 2.25. The Morgan fingerprint density at radius 3 is 2.45 bits per heavy atom. The third kappa shape index (κ3) is 4.03. The van der Waals surface area contributed by atoms with Crippen molar-refractivity contribution in [1.82, 2.24) is 10.9 Å². The summed E-state index contributed by atoms with van der Waals surface area (Å²) in [6.07, 6.45) is 1.83. The molecule has 0 aromatic heterocycles. The lowest BCUT2D eigenvalue weighted by molar-refractivity contribution is 0.0941. The van der Waals surface area contributed by atoms with Gasteiger partial charge in [0.1, 0.15) is 0 Å². The summed E-state index contributed by atoms with van der Waals surface area (Å²) >= 11 is 15.3. The van der Waals surface area contributed by atoms with Crippen LogP contribution in [0.25, 0.3) is 5.70 Å². The summed E-state index contributed by atoms with van der Waals surface area (Å²) in [6.45, 7) is 1.86. The number of amides is 1. The minimum atomic E-state index is -0.244. The van der Waals surface area contributed by atoms with E-state index in [2.05, 4.69) is 26.8 Å². The van der Waals surface area contributed by atoms with Crippen molar-refractivity contribution in [2.24, 2.45) is 0 Å². The number of hydrogen-bond donors (Lipinski definition) is 2. The van der Waals surface area contributed by atoms with Crippen molar-refractivity contribution in [3.8, 4) is 0 Å². The fourth-order valence-corrected chi connectivity index (χ4v) is 2.57. The topological polar surface area (TPSA) is 41.1 Å². The molecule has 0 aliphatic heterocycles. The number of halogens is 3. The Labute approximate surface area is 147 Å². The second kappa shape index (κ2) is 7.68. The molecule has 2 aromatic carbocycles. The molecule has 0 saturated carbocycles. The minimum Gasteiger partial charge on any atom is -0.298 e. The zero-order valence-electron chi connectivity index (χ0n) is 11.7. The van der Waals surface area contributed by atoms with Gasteiger partial charge in [-0.2, -0.15) is 0 Å². The van der Waals surface area contributed by atoms with Gasteiger partial charge in [0, 0.05) is 10.0 Å². The molecule has 22 heavy (non-hydrogen) atoms. The molecule has 0 aliphatic rings. The largest absolute Gasteiger partial charge is 0.298 e. The van der Waals surface area contributed by atoms with Gasteiger partial charge in [0.15, 0.2) is 0 Å². The summed E-state index contributed by atoms with van der Waals surface area (Å²) in [5, 5.41) is 0.940. The summed E-state index contributed by atoms with van der Waals surface area (Å²) < 4.78 is 0.728. The summed E-state index contributed by atoms with van der Waals surface area (Å²) in [4.78, 5) is 12.2. The summed E-state index contributed by atoms with van der Waals surface area (Å²) in [6, 6.07) is 12.5. The molecule has 2 N–H and O–H groups in total. The smallest absolute Gasteiger partial charge is 0.270 e. The predicted octanol–water partition coefficient (Wildman–Crippen LogP) is 5.05. The third-order valence-electron chi connectivity index (χ3n) is 2.95. The first kappa shape index (κ1) is 16.9. The summed E-state index contributed by atoms with van der Waals surface area (Å²) in [5.41, 5.74) is 7.64. The number of benzene rings is 2. The Morgan fingerprint density at radius 1 is 1.09 bits per heavy atom. The maximum absolute atomic E-state index is 12.2. The van der Waals surface area contributed by atoms with Gasteiger partial charge in [0.05, 0.1) is 21.3 Å². The van der Waals surface area contributed by atoms with Crippen molar-refractivity contribution in [3.05, 3.63) is 74.2 Å². The molecule has 6 heteroatoms. The first-order valence-corrected chi connectivity index (χ1v) is 8.00. The van der Waals surface area contributed by atoms with Crippen LogP contribution in [0.4, 0.5) is 0 Å². The SMILES string of the molecule is C/C=C(/NNC(=O)c1ccccc1Br)c1ccc(Cl)c(Cl)c1. The first-order valence-electron chi connectivity index (χ1n) is 6.45. The van der Waals surface area contributed by atoms with E-state index in [4.69, 9.17) is 23.2 Å². The van der Waals surface area contributed by atoms with Gasteiger partial charge < -0.3 is 0 Å². The van der Waals surface area contributed by atoms with Crippen LogP contribution in [0.2, 0.25) is 10.0 Å². The van der Waals surface area contributed by atoms with Gasteiger partial charge in [-0.3, -0.25) is 15.6 Å². The van der Waals surface area contributed by atoms with Crippen molar-refractivity contribution in [3.63, 3.8) is 0 Å². The first-order chi connectivity index (χ1) is 10.5. The summed E-state index contributed by atoms with van der Waals surface area (Å²) in [7, 11) is 0. The maximum Gasteiger partial charge on any atom is 0.270 e. The fraction of sp³-hybridized carbons (Fsp3) is 0.0625. The molecule has 0 saturated heterocycles. The molecule has 3 nitrogen and oxygen atoms in total. The summed E-state index contributed by atoms with van der Waals surface area (Å²) in [5.74, 6) is -0.244. The lowest BCUT2D eigenvalue weighted by Crippen LogP contribution is -2.36. The highest BCUT2D eigenvalue weighted by molar-refractivity contribution is 9.10. The average molecular weight is 400 g/mol. The van der Waals surface area contributed by atoms with E-state index < -0.39 is 0 Å². The van der Waals surface area contributed by atoms with E-state index >= 15 is 0 Å². The van der Waals surface area contributed by atoms with Crippen LogP contribution in [0, 0.1) is 0 Å². The molecule has 2 aromatic rings. The molecule has 0 radical (unpaired) electrons. The van der Waals surface area contributed by atoms with Gasteiger partial charge in [-0.1, -0.05) is 47.5 Å². The molecule has 0 bridgehead atoms. The monoisotopic (exact) mass is 398 g/mol. The molecule has 2 rings (SSSR count). The number of hydrazine groups is 1. The Balaban J connectivity index is 2.10. The number of rotatable bonds is 4. The molecule has 1 amide bonds. The van der Waals surface area contributed by atoms with Crippen molar-refractivity contribution >= 4 is 50.7 Å². The number of nitrogens with one attached hydrogen (secondary N) is 2. The van der Waals surface area contributed by atoms with E-state index in [1.54, 1.807) is 24.3 Å². The van der Waals surface area contributed by atoms with Crippen LogP contribution in [0.1, 0.15) is 22.8 Å². The molecule has 0 aliphatic carbocycles. The van der Waals surface area contributed by atoms with E-state index in [1.165, 1.54) is 0 Å². The van der Waals surface area contributed by atoms with Crippen LogP contribution >= 0.6 is 39.1 Å². The van der Waals surface area contributed by atoms with Gasteiger partial charge >= 0.3 is 0 Å². The maximum atomic E-state index is 12.2. The second-order valence-corrected chi connectivity index (χ2v) is 6.06. The van der Waals surface area contributed by atoms with E-state index in [1.807, 2.05) is 31.2 Å². The number of carbonyl (C=O) groups excluding carboxylic acids is 1. The highest BCUT2D eigenvalue weighted by Gasteiger charge is 2.10. The zero-order chi connectivity index (χ0) is 16.1. The Kier molecular flexibility index (Phi) is 5.89. The lowest BCUT2D eigenvalue weighted by atomic mass is 10.1. The van der Waals surface area contributed by atoms with Crippen molar-refractivity contribution < 1.29 is 4.79 Å². The standard InChI is InChI=1S/C16H13BrCl2N2O/c1-2-15(10-7-8-13(18)14(19)9-10)20-21-16(22)11-5-3-4-6-12(11)17/h2-9,20H,1H3,(H,21,22)/b15-2+. The van der Waals surface area contributed by atoms with Crippen molar-refractivity contribution in [2.45, 2.75) is 6.92 Å². The molecule has 0 fully saturated rings. The third-order valence-corrected chi connectivity index (χ3v) is 4.38. The van der Waals surface area contributed by atoms with Crippen LogP contribution in [0.5, 0.6) is 0 Å². The number of allylic oxidation sites excluding steroid dienone is 1. The quantitative estimate of drug-likeness (QED) is 0.706. The van der Waals surface area contributed by atoms with Crippen LogP contribution in [0.15, 0.2) is 53.0 Å². The van der Waals surface area contributed by atoms with E-state index in [-0.39, 0.29) is 5.91 Å². The minimum absolute atomic E-state index is 0.244. The Bertz CT molecular complexity index is 732. The molecule has 0 heterocycles. The number of carbonyl (C=O) groups is 1. The number of hydrogen-bond acceptors (Lipinski definition) is 2. The predicted molar refractivity (Wildman–Crippen MR) is 94.9 cm³/mol. The van der Waals surface area contributed by atoms with Gasteiger partial charge in [-0.15, -0.1) is 0 Å². The van der Waals surface area contributed by atoms with Crippen molar-refractivity contribution in [2.75, 3.05) is 0 Å². The highest BCUT2D eigenvalue weighted by atomic mass is 79.9. The average Bonchev–Trinajstić information content (AvgIpc) is 2.51. The van der Waals surface area contributed by atoms with E-state index in [9.17, 15) is 4.79 Å². The van der Waals surface area contributed by atoms with Gasteiger partial charge in [-0.25, -0.2) is 0 Å². The van der Waals surface area contributed by atoms with Crippen LogP contribution in [-0.2, 0) is 0 Å². The van der Waals surface area contributed by atoms with E-state index in [0.717, 1.165) is 15.7 Å². The molecule has 0 spiro atoms. The normalized spacial score (nSPS) is 11.2.